The van der Waals surface area contributed by atoms with E-state index in [-0.39, 0.29) is 5.70 Å². The lowest BCUT2D eigenvalue weighted by molar-refractivity contribution is -0.148. The van der Waals surface area contributed by atoms with Gasteiger partial charge in [0.25, 0.3) is 0 Å². The quantitative estimate of drug-likeness (QED) is 0.454. The number of aromatic nitrogens is 5. The monoisotopic (exact) mass is 428 g/mol. The minimum atomic E-state index is -4.37. The Kier molecular flexibility index (Phi) is 5.20. The first-order valence-electron chi connectivity index (χ1n) is 9.96. The zero-order chi connectivity index (χ0) is 22.3. The maximum atomic E-state index is 12.9. The molecule has 6 nitrogen and oxygen atoms in total. The molecule has 0 bridgehead atoms. The van der Waals surface area contributed by atoms with Gasteiger partial charge in [-0.15, -0.1) is 0 Å². The van der Waals surface area contributed by atoms with Gasteiger partial charge in [0.05, 0.1) is 11.7 Å². The first-order chi connectivity index (χ1) is 14.6. The fourth-order valence-electron chi connectivity index (χ4n) is 3.45. The minimum absolute atomic E-state index is 0.164. The van der Waals surface area contributed by atoms with E-state index in [1.54, 1.807) is 16.9 Å². The summed E-state index contributed by atoms with van der Waals surface area (Å²) in [4.78, 5) is 12.3. The number of pyridine rings is 1. The molecular formula is C22H23F3N6. The third-order valence-electron chi connectivity index (χ3n) is 5.11. The molecule has 4 rings (SSSR count). The molecule has 0 saturated heterocycles. The SMILES string of the molecule is C=C(NC(C)C(F)(F)F)c1cnn2ccc(-c3c[nH]c4nc(CC(C)C)ncc34)cc12. The van der Waals surface area contributed by atoms with Gasteiger partial charge in [0.1, 0.15) is 17.5 Å². The zero-order valence-electron chi connectivity index (χ0n) is 17.5. The van der Waals surface area contributed by atoms with Crippen LogP contribution in [0, 0.1) is 5.92 Å². The molecule has 162 valence electrons. The number of H-pyrrole nitrogens is 1. The zero-order valence-corrected chi connectivity index (χ0v) is 17.5. The number of hydrogen-bond acceptors (Lipinski definition) is 4. The summed E-state index contributed by atoms with van der Waals surface area (Å²) in [5.41, 5.74) is 3.85. The number of hydrogen-bond donors (Lipinski definition) is 2. The van der Waals surface area contributed by atoms with E-state index in [2.05, 4.69) is 45.8 Å². The Morgan fingerprint density at radius 3 is 2.74 bits per heavy atom. The first kappa shape index (κ1) is 20.9. The summed E-state index contributed by atoms with van der Waals surface area (Å²) < 4.78 is 40.4. The van der Waals surface area contributed by atoms with Gasteiger partial charge in [-0.1, -0.05) is 20.4 Å². The Labute approximate surface area is 177 Å². The standard InChI is InChI=1S/C22H23F3N6/c1-12(2)7-20-26-10-18-17(9-27-21(18)30-20)15-5-6-31-19(8-15)16(11-28-31)13(3)29-14(4)22(23,24)25/h5-6,8-12,14,29H,3,7H2,1-2,4H3,(H,26,27,30). The summed E-state index contributed by atoms with van der Waals surface area (Å²) in [6, 6.07) is 2.05. The van der Waals surface area contributed by atoms with Gasteiger partial charge in [-0.2, -0.15) is 18.3 Å². The van der Waals surface area contributed by atoms with Crippen molar-refractivity contribution in [2.75, 3.05) is 0 Å². The van der Waals surface area contributed by atoms with Gasteiger partial charge in [-0.25, -0.2) is 14.5 Å². The fourth-order valence-corrected chi connectivity index (χ4v) is 3.45. The fraction of sp³-hybridized carbons (Fsp3) is 0.318. The van der Waals surface area contributed by atoms with E-state index in [1.807, 2.05) is 18.3 Å². The van der Waals surface area contributed by atoms with Gasteiger partial charge in [-0.3, -0.25) is 0 Å². The van der Waals surface area contributed by atoms with E-state index in [0.717, 1.165) is 41.3 Å². The van der Waals surface area contributed by atoms with Crippen LogP contribution in [0.5, 0.6) is 0 Å². The lowest BCUT2D eigenvalue weighted by atomic mass is 10.1. The van der Waals surface area contributed by atoms with E-state index in [9.17, 15) is 13.2 Å². The van der Waals surface area contributed by atoms with Crippen molar-refractivity contribution in [3.63, 3.8) is 0 Å². The van der Waals surface area contributed by atoms with E-state index in [1.165, 1.54) is 6.20 Å². The molecule has 0 aliphatic heterocycles. The third kappa shape index (κ3) is 4.12. The third-order valence-corrected chi connectivity index (χ3v) is 5.11. The summed E-state index contributed by atoms with van der Waals surface area (Å²) in [7, 11) is 0. The normalized spacial score (nSPS) is 13.3. The van der Waals surface area contributed by atoms with Crippen LogP contribution in [-0.2, 0) is 6.42 Å². The highest BCUT2D eigenvalue weighted by Gasteiger charge is 2.36. The van der Waals surface area contributed by atoms with Crippen molar-refractivity contribution in [2.45, 2.75) is 39.4 Å². The molecule has 0 amide bonds. The van der Waals surface area contributed by atoms with Crippen molar-refractivity contribution in [2.24, 2.45) is 5.92 Å². The smallest absolute Gasteiger partial charge is 0.374 e. The van der Waals surface area contributed by atoms with Crippen LogP contribution in [0.4, 0.5) is 13.2 Å². The largest absolute Gasteiger partial charge is 0.408 e. The number of alkyl halides is 3. The Morgan fingerprint density at radius 2 is 2.03 bits per heavy atom. The molecule has 4 heterocycles. The predicted molar refractivity (Wildman–Crippen MR) is 114 cm³/mol. The van der Waals surface area contributed by atoms with Crippen LogP contribution in [0.15, 0.2) is 43.5 Å². The van der Waals surface area contributed by atoms with E-state index >= 15 is 0 Å². The summed E-state index contributed by atoms with van der Waals surface area (Å²) >= 11 is 0. The number of nitrogens with zero attached hydrogens (tertiary/aromatic N) is 4. The van der Waals surface area contributed by atoms with E-state index in [0.29, 0.717) is 17.0 Å². The lowest BCUT2D eigenvalue weighted by Gasteiger charge is -2.19. The highest BCUT2D eigenvalue weighted by molar-refractivity contribution is 5.94. The molecule has 0 aromatic carbocycles. The van der Waals surface area contributed by atoms with Crippen LogP contribution in [0.25, 0.3) is 33.4 Å². The molecule has 31 heavy (non-hydrogen) atoms. The molecule has 2 N–H and O–H groups in total. The van der Waals surface area contributed by atoms with Crippen LogP contribution >= 0.6 is 0 Å². The maximum Gasteiger partial charge on any atom is 0.408 e. The molecule has 9 heteroatoms. The van der Waals surface area contributed by atoms with Gasteiger partial charge in [-0.05, 0) is 30.5 Å². The molecule has 0 spiro atoms. The molecule has 0 aliphatic carbocycles. The summed E-state index contributed by atoms with van der Waals surface area (Å²) in [6.07, 6.45) is 3.37. The van der Waals surface area contributed by atoms with Crippen molar-refractivity contribution in [1.82, 2.24) is 29.9 Å². The van der Waals surface area contributed by atoms with Crippen molar-refractivity contribution < 1.29 is 13.2 Å². The van der Waals surface area contributed by atoms with Crippen LogP contribution < -0.4 is 5.32 Å². The molecule has 4 aromatic heterocycles. The summed E-state index contributed by atoms with van der Waals surface area (Å²) in [6.45, 7) is 9.07. The second kappa shape index (κ2) is 7.72. The molecule has 0 fully saturated rings. The van der Waals surface area contributed by atoms with Crippen molar-refractivity contribution >= 4 is 22.2 Å². The molecule has 0 saturated carbocycles. The van der Waals surface area contributed by atoms with Crippen molar-refractivity contribution in [3.8, 4) is 11.1 Å². The van der Waals surface area contributed by atoms with Gasteiger partial charge in [0, 0.05) is 47.2 Å². The number of halogens is 3. The van der Waals surface area contributed by atoms with Crippen LogP contribution in [0.1, 0.15) is 32.2 Å². The number of rotatable bonds is 6. The molecule has 4 aromatic rings. The number of fused-ring (bicyclic) bond motifs is 2. The Hall–Kier alpha value is -3.36. The predicted octanol–water partition coefficient (Wildman–Crippen LogP) is 4.98. The van der Waals surface area contributed by atoms with Gasteiger partial charge in [0.2, 0.25) is 0 Å². The van der Waals surface area contributed by atoms with Crippen LogP contribution in [0.3, 0.4) is 0 Å². The second-order valence-corrected chi connectivity index (χ2v) is 8.04. The second-order valence-electron chi connectivity index (χ2n) is 8.04. The molecule has 0 radical (unpaired) electrons. The van der Waals surface area contributed by atoms with Gasteiger partial charge >= 0.3 is 6.18 Å². The number of nitrogens with one attached hydrogen (secondary N) is 2. The highest BCUT2D eigenvalue weighted by atomic mass is 19.4. The summed E-state index contributed by atoms with van der Waals surface area (Å²) in [5.74, 6) is 1.24. The first-order valence-corrected chi connectivity index (χ1v) is 9.96. The van der Waals surface area contributed by atoms with Crippen molar-refractivity contribution in [1.29, 1.82) is 0 Å². The Morgan fingerprint density at radius 1 is 1.26 bits per heavy atom. The van der Waals surface area contributed by atoms with Crippen LogP contribution in [0.2, 0.25) is 0 Å². The molecule has 0 aliphatic rings. The van der Waals surface area contributed by atoms with Gasteiger partial charge in [0.15, 0.2) is 0 Å². The molecule has 1 atom stereocenters. The summed E-state index contributed by atoms with van der Waals surface area (Å²) in [5, 5.41) is 7.53. The van der Waals surface area contributed by atoms with E-state index < -0.39 is 12.2 Å². The Bertz CT molecular complexity index is 1250. The average molecular weight is 428 g/mol. The highest BCUT2D eigenvalue weighted by Crippen LogP contribution is 2.30. The lowest BCUT2D eigenvalue weighted by Crippen LogP contribution is -2.38. The maximum absolute atomic E-state index is 12.9. The molecular weight excluding hydrogens is 405 g/mol. The van der Waals surface area contributed by atoms with Crippen LogP contribution in [-0.4, -0.2) is 36.8 Å². The topological polar surface area (TPSA) is 70.9 Å². The van der Waals surface area contributed by atoms with Crippen molar-refractivity contribution in [3.05, 3.63) is 54.9 Å². The number of aromatic amines is 1. The molecule has 1 unspecified atom stereocenters. The average Bonchev–Trinajstić information content (AvgIpc) is 3.29. The minimum Gasteiger partial charge on any atom is -0.374 e. The Balaban J connectivity index is 1.70. The van der Waals surface area contributed by atoms with Gasteiger partial charge < -0.3 is 10.3 Å². The van der Waals surface area contributed by atoms with E-state index in [4.69, 9.17) is 0 Å².